The Labute approximate surface area is 174 Å². The van der Waals surface area contributed by atoms with Gasteiger partial charge in [-0.15, -0.1) is 0 Å². The lowest BCUT2D eigenvalue weighted by atomic mass is 10.1. The van der Waals surface area contributed by atoms with Gasteiger partial charge >= 0.3 is 0 Å². The number of anilines is 1. The van der Waals surface area contributed by atoms with Crippen molar-refractivity contribution in [2.24, 2.45) is 11.0 Å². The molecule has 0 bridgehead atoms. The van der Waals surface area contributed by atoms with Crippen LogP contribution in [0.5, 0.6) is 0 Å². The van der Waals surface area contributed by atoms with Gasteiger partial charge in [0.1, 0.15) is 5.70 Å². The molecule has 154 valence electrons. The molecule has 0 radical (unpaired) electrons. The van der Waals surface area contributed by atoms with E-state index in [2.05, 4.69) is 21.2 Å². The third kappa shape index (κ3) is 4.40. The number of hydrogen-bond donors (Lipinski definition) is 4. The highest BCUT2D eigenvalue weighted by Gasteiger charge is 2.29. The zero-order chi connectivity index (χ0) is 20.9. The van der Waals surface area contributed by atoms with E-state index >= 15 is 0 Å². The number of fused-ring (bicyclic) bond motifs is 1. The van der Waals surface area contributed by atoms with E-state index in [4.69, 9.17) is 5.21 Å². The molecule has 2 aromatic rings. The summed E-state index contributed by atoms with van der Waals surface area (Å²) in [5, 5.41) is 20.6. The van der Waals surface area contributed by atoms with Crippen molar-refractivity contribution < 1.29 is 14.8 Å². The predicted octanol–water partition coefficient (Wildman–Crippen LogP) is 1.73. The Bertz CT molecular complexity index is 992. The van der Waals surface area contributed by atoms with Gasteiger partial charge in [-0.2, -0.15) is 5.10 Å². The van der Waals surface area contributed by atoms with Gasteiger partial charge in [0.2, 0.25) is 5.91 Å². The summed E-state index contributed by atoms with van der Waals surface area (Å²) in [4.78, 5) is 25.8. The number of carbonyl (C=O) groups excluding carboxylic acids is 2. The molecule has 0 atom stereocenters. The van der Waals surface area contributed by atoms with Crippen LogP contribution in [0.4, 0.5) is 5.69 Å². The third-order valence-electron chi connectivity index (χ3n) is 5.21. The molecule has 1 heterocycles. The van der Waals surface area contributed by atoms with Crippen molar-refractivity contribution in [3.05, 3.63) is 70.9 Å². The summed E-state index contributed by atoms with van der Waals surface area (Å²) in [6.45, 7) is 0.950. The maximum absolute atomic E-state index is 13.0. The van der Waals surface area contributed by atoms with Gasteiger partial charge in [0.25, 0.3) is 5.91 Å². The van der Waals surface area contributed by atoms with Crippen molar-refractivity contribution in [2.45, 2.75) is 12.8 Å². The summed E-state index contributed by atoms with van der Waals surface area (Å²) in [5.74, 6) is -1.07. The van der Waals surface area contributed by atoms with Gasteiger partial charge in [-0.3, -0.25) is 30.9 Å². The molecule has 8 heteroatoms. The van der Waals surface area contributed by atoms with Crippen LogP contribution >= 0.6 is 0 Å². The van der Waals surface area contributed by atoms with Gasteiger partial charge in [-0.25, -0.2) is 5.01 Å². The first kappa shape index (κ1) is 19.8. The lowest BCUT2D eigenvalue weighted by Crippen LogP contribution is -2.43. The van der Waals surface area contributed by atoms with E-state index in [0.717, 1.165) is 11.1 Å². The third-order valence-corrected chi connectivity index (χ3v) is 5.21. The van der Waals surface area contributed by atoms with Crippen molar-refractivity contribution in [2.75, 3.05) is 18.7 Å². The summed E-state index contributed by atoms with van der Waals surface area (Å²) < 4.78 is 0. The predicted molar refractivity (Wildman–Crippen MR) is 114 cm³/mol. The SMILES string of the molecule is O=C(NC(=O)C1Cc2ccccc2C1)/C(=C/c1cccc(NO)c1)N1CNCC=N1. The highest BCUT2D eigenvalue weighted by Crippen LogP contribution is 2.26. The molecule has 8 nitrogen and oxygen atoms in total. The van der Waals surface area contributed by atoms with Crippen LogP contribution in [0.15, 0.2) is 59.3 Å². The fourth-order valence-electron chi connectivity index (χ4n) is 3.70. The average molecular weight is 405 g/mol. The van der Waals surface area contributed by atoms with Crippen LogP contribution in [-0.4, -0.2) is 41.5 Å². The summed E-state index contributed by atoms with van der Waals surface area (Å²) >= 11 is 0. The molecular formula is C22H23N5O3. The molecule has 0 saturated heterocycles. The molecule has 0 saturated carbocycles. The minimum Gasteiger partial charge on any atom is -0.293 e. The standard InChI is InChI=1S/C22H23N5O3/c28-21(18-12-16-5-1-2-6-17(16)13-18)25-22(29)20(27-14-23-8-9-24-27)11-15-4-3-7-19(10-15)26-30/h1-7,9-11,18,23,26,30H,8,12-14H2,(H,25,28,29)/b20-11-. The molecular weight excluding hydrogens is 382 g/mol. The molecule has 1 aliphatic heterocycles. The van der Waals surface area contributed by atoms with Crippen molar-refractivity contribution in [1.29, 1.82) is 0 Å². The van der Waals surface area contributed by atoms with Crippen molar-refractivity contribution >= 4 is 29.8 Å². The quantitative estimate of drug-likeness (QED) is 0.446. The minimum absolute atomic E-state index is 0.234. The van der Waals surface area contributed by atoms with Crippen molar-refractivity contribution in [1.82, 2.24) is 15.6 Å². The van der Waals surface area contributed by atoms with E-state index in [0.29, 0.717) is 37.3 Å². The molecule has 0 aromatic heterocycles. The van der Waals surface area contributed by atoms with E-state index in [-0.39, 0.29) is 17.5 Å². The van der Waals surface area contributed by atoms with Crippen LogP contribution in [0.2, 0.25) is 0 Å². The zero-order valence-electron chi connectivity index (χ0n) is 16.3. The molecule has 2 amide bonds. The number of nitrogens with zero attached hydrogens (tertiary/aromatic N) is 2. The lowest BCUT2D eigenvalue weighted by molar-refractivity contribution is -0.131. The van der Waals surface area contributed by atoms with Crippen LogP contribution in [0.3, 0.4) is 0 Å². The summed E-state index contributed by atoms with van der Waals surface area (Å²) in [6.07, 6.45) is 4.55. The van der Waals surface area contributed by atoms with Crippen LogP contribution in [0.1, 0.15) is 16.7 Å². The molecule has 1 aliphatic carbocycles. The largest absolute Gasteiger partial charge is 0.293 e. The maximum atomic E-state index is 13.0. The van der Waals surface area contributed by atoms with Gasteiger partial charge in [0.05, 0.1) is 12.4 Å². The van der Waals surface area contributed by atoms with Crippen molar-refractivity contribution in [3.63, 3.8) is 0 Å². The Hall–Kier alpha value is -3.49. The van der Waals surface area contributed by atoms with Gasteiger partial charge in [-0.05, 0) is 47.7 Å². The summed E-state index contributed by atoms with van der Waals surface area (Å²) in [6, 6.07) is 14.9. The van der Waals surface area contributed by atoms with E-state index in [9.17, 15) is 9.59 Å². The number of nitrogens with one attached hydrogen (secondary N) is 3. The Morgan fingerprint density at radius 2 is 1.90 bits per heavy atom. The van der Waals surface area contributed by atoms with Gasteiger partial charge < -0.3 is 0 Å². The van der Waals surface area contributed by atoms with E-state index in [1.54, 1.807) is 36.6 Å². The average Bonchev–Trinajstić information content (AvgIpc) is 3.23. The monoisotopic (exact) mass is 405 g/mol. The van der Waals surface area contributed by atoms with Gasteiger partial charge in [0.15, 0.2) is 0 Å². The molecule has 4 N–H and O–H groups in total. The Balaban J connectivity index is 1.53. The van der Waals surface area contributed by atoms with Gasteiger partial charge in [-0.1, -0.05) is 36.4 Å². The number of hydrazone groups is 1. The highest BCUT2D eigenvalue weighted by atomic mass is 16.5. The lowest BCUT2D eigenvalue weighted by Gasteiger charge is -2.25. The molecule has 0 spiro atoms. The molecule has 2 aliphatic rings. The Kier molecular flexibility index (Phi) is 5.87. The van der Waals surface area contributed by atoms with E-state index in [1.807, 2.05) is 24.3 Å². The first-order valence-corrected chi connectivity index (χ1v) is 9.78. The number of carbonyl (C=O) groups is 2. The minimum atomic E-state index is -0.515. The molecule has 30 heavy (non-hydrogen) atoms. The van der Waals surface area contributed by atoms with Crippen molar-refractivity contribution in [3.8, 4) is 0 Å². The van der Waals surface area contributed by atoms with Crippen LogP contribution in [-0.2, 0) is 22.4 Å². The number of benzene rings is 2. The second-order valence-corrected chi connectivity index (χ2v) is 7.27. The van der Waals surface area contributed by atoms with Crippen LogP contribution < -0.4 is 16.1 Å². The smallest absolute Gasteiger partial charge is 0.276 e. The molecule has 2 aromatic carbocycles. The van der Waals surface area contributed by atoms with E-state index in [1.165, 1.54) is 5.01 Å². The van der Waals surface area contributed by atoms with Crippen LogP contribution in [0, 0.1) is 5.92 Å². The van der Waals surface area contributed by atoms with Crippen LogP contribution in [0.25, 0.3) is 6.08 Å². The van der Waals surface area contributed by atoms with Gasteiger partial charge in [0, 0.05) is 18.7 Å². The highest BCUT2D eigenvalue weighted by molar-refractivity contribution is 6.07. The number of rotatable bonds is 5. The molecule has 0 fully saturated rings. The summed E-state index contributed by atoms with van der Waals surface area (Å²) in [7, 11) is 0. The van der Waals surface area contributed by atoms with E-state index < -0.39 is 5.91 Å². The summed E-state index contributed by atoms with van der Waals surface area (Å²) in [5.41, 5.74) is 5.80. The Morgan fingerprint density at radius 1 is 1.13 bits per heavy atom. The zero-order valence-corrected chi connectivity index (χ0v) is 16.3. The first-order valence-electron chi connectivity index (χ1n) is 9.78. The normalized spacial score (nSPS) is 16.3. The maximum Gasteiger partial charge on any atom is 0.276 e. The Morgan fingerprint density at radius 3 is 2.57 bits per heavy atom. The fourth-order valence-corrected chi connectivity index (χ4v) is 3.70. The second-order valence-electron chi connectivity index (χ2n) is 7.27. The first-order chi connectivity index (χ1) is 14.6. The number of amides is 2. The number of hydrogen-bond acceptors (Lipinski definition) is 7. The molecule has 0 unspecified atom stereocenters. The number of imide groups is 1. The second kappa shape index (κ2) is 8.89. The fraction of sp³-hybridized carbons (Fsp3) is 0.227. The topological polar surface area (TPSA) is 106 Å². The molecule has 4 rings (SSSR count).